The molecule has 7 heteroatoms. The molecule has 1 fully saturated rings. The molecule has 3 aromatic rings. The molecular formula is C21H20BrN5O. The molecule has 0 radical (unpaired) electrons. The van der Waals surface area contributed by atoms with Gasteiger partial charge in [0.05, 0.1) is 12.1 Å². The summed E-state index contributed by atoms with van der Waals surface area (Å²) < 4.78 is 1.02. The topological polar surface area (TPSA) is 62.2 Å². The van der Waals surface area contributed by atoms with Crippen LogP contribution in [0, 0.1) is 0 Å². The van der Waals surface area contributed by atoms with Crippen molar-refractivity contribution in [1.82, 2.24) is 20.1 Å². The van der Waals surface area contributed by atoms with E-state index in [1.807, 2.05) is 53.4 Å². The van der Waals surface area contributed by atoms with E-state index in [0.29, 0.717) is 19.5 Å². The first-order chi connectivity index (χ1) is 13.7. The third-order valence-corrected chi connectivity index (χ3v) is 5.36. The zero-order chi connectivity index (χ0) is 19.3. The van der Waals surface area contributed by atoms with Crippen molar-refractivity contribution in [2.45, 2.75) is 6.42 Å². The SMILES string of the molecule is O=C(Cc1ccc(Br)cc1)N1CCN(c2ccc(-c3cccnc3)nn2)CC1. The van der Waals surface area contributed by atoms with Gasteiger partial charge in [0.15, 0.2) is 5.82 Å². The van der Waals surface area contributed by atoms with Crippen molar-refractivity contribution < 1.29 is 4.79 Å². The zero-order valence-electron chi connectivity index (χ0n) is 15.3. The summed E-state index contributed by atoms with van der Waals surface area (Å²) in [5, 5.41) is 8.69. The number of anilines is 1. The summed E-state index contributed by atoms with van der Waals surface area (Å²) >= 11 is 3.42. The van der Waals surface area contributed by atoms with Crippen LogP contribution in [0.25, 0.3) is 11.3 Å². The zero-order valence-corrected chi connectivity index (χ0v) is 16.9. The predicted molar refractivity (Wildman–Crippen MR) is 112 cm³/mol. The number of rotatable bonds is 4. The van der Waals surface area contributed by atoms with E-state index in [2.05, 4.69) is 36.0 Å². The van der Waals surface area contributed by atoms with Crippen molar-refractivity contribution in [3.8, 4) is 11.3 Å². The van der Waals surface area contributed by atoms with Crippen LogP contribution in [-0.2, 0) is 11.2 Å². The largest absolute Gasteiger partial charge is 0.352 e. The van der Waals surface area contributed by atoms with Crippen LogP contribution in [0.2, 0.25) is 0 Å². The Hall–Kier alpha value is -2.80. The van der Waals surface area contributed by atoms with Gasteiger partial charge in [0, 0.05) is 48.6 Å². The molecule has 0 N–H and O–H groups in total. The van der Waals surface area contributed by atoms with E-state index in [4.69, 9.17) is 0 Å². The Balaban J connectivity index is 1.33. The summed E-state index contributed by atoms with van der Waals surface area (Å²) in [5.74, 6) is 1.01. The summed E-state index contributed by atoms with van der Waals surface area (Å²) in [6.45, 7) is 2.91. The smallest absolute Gasteiger partial charge is 0.227 e. The number of halogens is 1. The minimum atomic E-state index is 0.167. The predicted octanol–water partition coefficient (Wildman–Crippen LogP) is 3.19. The first kappa shape index (κ1) is 18.6. The lowest BCUT2D eigenvalue weighted by Gasteiger charge is -2.35. The van der Waals surface area contributed by atoms with Crippen LogP contribution in [0.15, 0.2) is 65.4 Å². The Kier molecular flexibility index (Phi) is 5.62. The Morgan fingerprint density at radius 3 is 2.39 bits per heavy atom. The molecule has 0 atom stereocenters. The van der Waals surface area contributed by atoms with Crippen LogP contribution >= 0.6 is 15.9 Å². The molecule has 1 amide bonds. The molecule has 0 aliphatic carbocycles. The molecule has 0 unspecified atom stereocenters. The molecule has 1 aliphatic heterocycles. The van der Waals surface area contributed by atoms with Gasteiger partial charge in [-0.15, -0.1) is 10.2 Å². The van der Waals surface area contributed by atoms with Crippen molar-refractivity contribution in [2.24, 2.45) is 0 Å². The number of carbonyl (C=O) groups is 1. The number of pyridine rings is 1. The Morgan fingerprint density at radius 1 is 0.964 bits per heavy atom. The van der Waals surface area contributed by atoms with Crippen molar-refractivity contribution >= 4 is 27.7 Å². The highest BCUT2D eigenvalue weighted by Gasteiger charge is 2.22. The van der Waals surface area contributed by atoms with Gasteiger partial charge in [0.2, 0.25) is 5.91 Å². The highest BCUT2D eigenvalue weighted by molar-refractivity contribution is 9.10. The summed E-state index contributed by atoms with van der Waals surface area (Å²) in [6.07, 6.45) is 3.95. The molecule has 0 saturated carbocycles. The number of piperazine rings is 1. The Labute approximate surface area is 172 Å². The second kappa shape index (κ2) is 8.48. The average Bonchev–Trinajstić information content (AvgIpc) is 2.76. The quantitative estimate of drug-likeness (QED) is 0.626. The molecule has 1 saturated heterocycles. The maximum Gasteiger partial charge on any atom is 0.227 e. The van der Waals surface area contributed by atoms with Crippen molar-refractivity contribution in [1.29, 1.82) is 0 Å². The van der Waals surface area contributed by atoms with E-state index in [0.717, 1.165) is 40.2 Å². The van der Waals surface area contributed by atoms with Crippen molar-refractivity contribution in [2.75, 3.05) is 31.1 Å². The number of carbonyl (C=O) groups excluding carboxylic acids is 1. The second-order valence-electron chi connectivity index (χ2n) is 6.69. The summed E-state index contributed by atoms with van der Waals surface area (Å²) in [4.78, 5) is 20.8. The summed E-state index contributed by atoms with van der Waals surface area (Å²) in [7, 11) is 0. The summed E-state index contributed by atoms with van der Waals surface area (Å²) in [5.41, 5.74) is 2.79. The molecule has 142 valence electrons. The number of hydrogen-bond donors (Lipinski definition) is 0. The lowest BCUT2D eigenvalue weighted by Crippen LogP contribution is -2.49. The van der Waals surface area contributed by atoms with Gasteiger partial charge in [-0.3, -0.25) is 9.78 Å². The highest BCUT2D eigenvalue weighted by Crippen LogP contribution is 2.19. The maximum absolute atomic E-state index is 12.6. The van der Waals surface area contributed by atoms with E-state index in [1.54, 1.807) is 12.4 Å². The molecule has 6 nitrogen and oxygen atoms in total. The van der Waals surface area contributed by atoms with Gasteiger partial charge < -0.3 is 9.80 Å². The fraction of sp³-hybridized carbons (Fsp3) is 0.238. The molecule has 28 heavy (non-hydrogen) atoms. The molecule has 2 aromatic heterocycles. The number of nitrogens with zero attached hydrogens (tertiary/aromatic N) is 5. The number of hydrogen-bond acceptors (Lipinski definition) is 5. The fourth-order valence-electron chi connectivity index (χ4n) is 3.24. The van der Waals surface area contributed by atoms with Crippen LogP contribution in [0.1, 0.15) is 5.56 Å². The van der Waals surface area contributed by atoms with Crippen LogP contribution in [-0.4, -0.2) is 52.2 Å². The van der Waals surface area contributed by atoms with Crippen molar-refractivity contribution in [3.05, 3.63) is 71.0 Å². The van der Waals surface area contributed by atoms with E-state index in [9.17, 15) is 4.79 Å². The number of benzene rings is 1. The molecule has 4 rings (SSSR count). The normalized spacial score (nSPS) is 14.2. The number of amides is 1. The molecule has 0 spiro atoms. The molecule has 0 bridgehead atoms. The average molecular weight is 438 g/mol. The third kappa shape index (κ3) is 4.36. The van der Waals surface area contributed by atoms with Crippen LogP contribution < -0.4 is 4.90 Å². The Bertz CT molecular complexity index is 923. The first-order valence-corrected chi connectivity index (χ1v) is 10.00. The van der Waals surface area contributed by atoms with E-state index in [1.165, 1.54) is 0 Å². The van der Waals surface area contributed by atoms with Crippen LogP contribution in [0.5, 0.6) is 0 Å². The minimum absolute atomic E-state index is 0.167. The third-order valence-electron chi connectivity index (χ3n) is 4.83. The van der Waals surface area contributed by atoms with Gasteiger partial charge in [0.1, 0.15) is 0 Å². The van der Waals surface area contributed by atoms with Crippen LogP contribution in [0.4, 0.5) is 5.82 Å². The molecule has 3 heterocycles. The van der Waals surface area contributed by atoms with Crippen LogP contribution in [0.3, 0.4) is 0 Å². The van der Waals surface area contributed by atoms with E-state index in [-0.39, 0.29) is 5.91 Å². The van der Waals surface area contributed by atoms with E-state index < -0.39 is 0 Å². The lowest BCUT2D eigenvalue weighted by atomic mass is 10.1. The standard InChI is InChI=1S/C21H20BrN5O/c22-18-5-3-16(4-6-18)14-21(28)27-12-10-26(11-13-27)20-8-7-19(24-25-20)17-2-1-9-23-15-17/h1-9,15H,10-14H2. The molecule has 1 aliphatic rings. The van der Waals surface area contributed by atoms with Gasteiger partial charge in [-0.05, 0) is 42.0 Å². The van der Waals surface area contributed by atoms with Gasteiger partial charge in [-0.25, -0.2) is 0 Å². The number of aromatic nitrogens is 3. The van der Waals surface area contributed by atoms with Gasteiger partial charge in [-0.1, -0.05) is 28.1 Å². The fourth-order valence-corrected chi connectivity index (χ4v) is 3.50. The first-order valence-electron chi connectivity index (χ1n) is 9.20. The van der Waals surface area contributed by atoms with Gasteiger partial charge in [-0.2, -0.15) is 0 Å². The van der Waals surface area contributed by atoms with Gasteiger partial charge >= 0.3 is 0 Å². The second-order valence-corrected chi connectivity index (χ2v) is 7.61. The highest BCUT2D eigenvalue weighted by atomic mass is 79.9. The van der Waals surface area contributed by atoms with Gasteiger partial charge in [0.25, 0.3) is 0 Å². The Morgan fingerprint density at radius 2 is 1.75 bits per heavy atom. The van der Waals surface area contributed by atoms with E-state index >= 15 is 0 Å². The molecular weight excluding hydrogens is 418 g/mol. The van der Waals surface area contributed by atoms with Crippen molar-refractivity contribution in [3.63, 3.8) is 0 Å². The maximum atomic E-state index is 12.6. The molecule has 1 aromatic carbocycles. The lowest BCUT2D eigenvalue weighted by molar-refractivity contribution is -0.130. The monoisotopic (exact) mass is 437 g/mol. The minimum Gasteiger partial charge on any atom is -0.352 e. The summed E-state index contributed by atoms with van der Waals surface area (Å²) in [6, 6.07) is 15.7.